The highest BCUT2D eigenvalue weighted by Gasteiger charge is 2.14. The van der Waals surface area contributed by atoms with Crippen LogP contribution in [0.3, 0.4) is 0 Å². The Labute approximate surface area is 126 Å². The van der Waals surface area contributed by atoms with Gasteiger partial charge in [-0.15, -0.1) is 0 Å². The van der Waals surface area contributed by atoms with E-state index in [1.54, 1.807) is 24.3 Å². The maximum atomic E-state index is 12.3. The van der Waals surface area contributed by atoms with Gasteiger partial charge in [-0.25, -0.2) is 8.42 Å². The molecule has 2 rings (SSSR count). The fourth-order valence-corrected chi connectivity index (χ4v) is 3.00. The Kier molecular flexibility index (Phi) is 4.65. The molecule has 5 heteroatoms. The van der Waals surface area contributed by atoms with Crippen LogP contribution in [0.1, 0.15) is 24.1 Å². The number of hydrogen-bond donors (Lipinski definition) is 2. The highest BCUT2D eigenvalue weighted by Crippen LogP contribution is 2.19. The first kappa shape index (κ1) is 15.5. The van der Waals surface area contributed by atoms with Crippen LogP contribution in [-0.2, 0) is 10.0 Å². The molecule has 0 aliphatic heterocycles. The van der Waals surface area contributed by atoms with Gasteiger partial charge in [0.2, 0.25) is 0 Å². The van der Waals surface area contributed by atoms with Crippen LogP contribution in [-0.4, -0.2) is 15.5 Å². The van der Waals surface area contributed by atoms with E-state index in [2.05, 4.69) is 10.0 Å². The first-order valence-corrected chi connectivity index (χ1v) is 8.27. The van der Waals surface area contributed by atoms with Crippen LogP contribution in [0.4, 0.5) is 5.69 Å². The monoisotopic (exact) mass is 304 g/mol. The topological polar surface area (TPSA) is 58.2 Å². The fourth-order valence-electron chi connectivity index (χ4n) is 1.94. The molecule has 0 saturated heterocycles. The van der Waals surface area contributed by atoms with Gasteiger partial charge in [0.15, 0.2) is 0 Å². The summed E-state index contributed by atoms with van der Waals surface area (Å²) in [6.07, 6.45) is 0. The molecule has 1 atom stereocenters. The van der Waals surface area contributed by atoms with E-state index >= 15 is 0 Å². The van der Waals surface area contributed by atoms with Crippen molar-refractivity contribution in [2.24, 2.45) is 0 Å². The van der Waals surface area contributed by atoms with Crippen LogP contribution >= 0.6 is 0 Å². The molecule has 0 saturated carbocycles. The van der Waals surface area contributed by atoms with E-state index < -0.39 is 10.0 Å². The lowest BCUT2D eigenvalue weighted by atomic mass is 10.1. The van der Waals surface area contributed by atoms with Gasteiger partial charge in [0.25, 0.3) is 10.0 Å². The van der Waals surface area contributed by atoms with Gasteiger partial charge in [-0.2, -0.15) is 0 Å². The van der Waals surface area contributed by atoms with Crippen LogP contribution in [0, 0.1) is 6.92 Å². The molecule has 0 heterocycles. The minimum atomic E-state index is -3.55. The lowest BCUT2D eigenvalue weighted by Gasteiger charge is -2.12. The van der Waals surface area contributed by atoms with Crippen LogP contribution < -0.4 is 10.0 Å². The van der Waals surface area contributed by atoms with Gasteiger partial charge in [0, 0.05) is 11.7 Å². The van der Waals surface area contributed by atoms with Crippen molar-refractivity contribution in [3.63, 3.8) is 0 Å². The standard InChI is InChI=1S/C16H20N2O2S/c1-12-4-8-15(9-5-12)18-21(19,20)16-10-6-14(7-11-16)13(2)17-3/h4-11,13,17-18H,1-3H3. The minimum Gasteiger partial charge on any atom is -0.313 e. The van der Waals surface area contributed by atoms with E-state index in [0.29, 0.717) is 5.69 Å². The Balaban J connectivity index is 2.21. The lowest BCUT2D eigenvalue weighted by molar-refractivity contribution is 0.601. The molecule has 2 aromatic rings. The van der Waals surface area contributed by atoms with Crippen molar-refractivity contribution in [3.8, 4) is 0 Å². The predicted octanol–water partition coefficient (Wildman–Crippen LogP) is 3.08. The second-order valence-electron chi connectivity index (χ2n) is 5.05. The van der Waals surface area contributed by atoms with Crippen molar-refractivity contribution in [3.05, 3.63) is 59.7 Å². The molecule has 4 nitrogen and oxygen atoms in total. The molecule has 0 fully saturated rings. The van der Waals surface area contributed by atoms with Crippen LogP contribution in [0.25, 0.3) is 0 Å². The Bertz CT molecular complexity index is 692. The molecule has 21 heavy (non-hydrogen) atoms. The van der Waals surface area contributed by atoms with Crippen molar-refractivity contribution in [2.45, 2.75) is 24.8 Å². The highest BCUT2D eigenvalue weighted by atomic mass is 32.2. The summed E-state index contributed by atoms with van der Waals surface area (Å²) < 4.78 is 27.2. The lowest BCUT2D eigenvalue weighted by Crippen LogP contribution is -2.14. The molecule has 1 unspecified atom stereocenters. The highest BCUT2D eigenvalue weighted by molar-refractivity contribution is 7.92. The Morgan fingerprint density at radius 3 is 2.05 bits per heavy atom. The van der Waals surface area contributed by atoms with Crippen molar-refractivity contribution in [1.29, 1.82) is 0 Å². The minimum absolute atomic E-state index is 0.187. The zero-order valence-electron chi connectivity index (χ0n) is 12.4. The van der Waals surface area contributed by atoms with E-state index in [1.165, 1.54) is 0 Å². The molecule has 0 spiro atoms. The first-order valence-electron chi connectivity index (χ1n) is 6.79. The van der Waals surface area contributed by atoms with Crippen molar-refractivity contribution in [1.82, 2.24) is 5.32 Å². The molecule has 0 radical (unpaired) electrons. The molecular weight excluding hydrogens is 284 g/mol. The molecule has 0 bridgehead atoms. The largest absolute Gasteiger partial charge is 0.313 e. The quantitative estimate of drug-likeness (QED) is 0.892. The van der Waals surface area contributed by atoms with Crippen LogP contribution in [0.5, 0.6) is 0 Å². The van der Waals surface area contributed by atoms with Crippen LogP contribution in [0.15, 0.2) is 53.4 Å². The zero-order valence-corrected chi connectivity index (χ0v) is 13.2. The van der Waals surface area contributed by atoms with Gasteiger partial charge in [0.1, 0.15) is 0 Å². The van der Waals surface area contributed by atoms with Crippen molar-refractivity contribution >= 4 is 15.7 Å². The summed E-state index contributed by atoms with van der Waals surface area (Å²) in [7, 11) is -1.68. The van der Waals surface area contributed by atoms with E-state index in [9.17, 15) is 8.42 Å². The third-order valence-electron chi connectivity index (χ3n) is 3.43. The molecule has 0 aliphatic rings. The predicted molar refractivity (Wildman–Crippen MR) is 85.9 cm³/mol. The molecule has 0 amide bonds. The summed E-state index contributed by atoms with van der Waals surface area (Å²) in [6.45, 7) is 3.98. The average Bonchev–Trinajstić information content (AvgIpc) is 2.49. The summed E-state index contributed by atoms with van der Waals surface area (Å²) in [5.41, 5.74) is 2.70. The van der Waals surface area contributed by atoms with Crippen molar-refractivity contribution in [2.75, 3.05) is 11.8 Å². The fraction of sp³-hybridized carbons (Fsp3) is 0.250. The Hall–Kier alpha value is -1.85. The smallest absolute Gasteiger partial charge is 0.261 e. The summed E-state index contributed by atoms with van der Waals surface area (Å²) in [5, 5.41) is 3.12. The average molecular weight is 304 g/mol. The molecule has 2 N–H and O–H groups in total. The molecular formula is C16H20N2O2S. The maximum Gasteiger partial charge on any atom is 0.261 e. The zero-order chi connectivity index (χ0) is 15.5. The molecule has 2 aromatic carbocycles. The maximum absolute atomic E-state index is 12.3. The summed E-state index contributed by atoms with van der Waals surface area (Å²) >= 11 is 0. The second kappa shape index (κ2) is 6.28. The van der Waals surface area contributed by atoms with E-state index in [4.69, 9.17) is 0 Å². The van der Waals surface area contributed by atoms with Gasteiger partial charge in [-0.05, 0) is 50.7 Å². The number of aryl methyl sites for hydroxylation is 1. The van der Waals surface area contributed by atoms with E-state index in [0.717, 1.165) is 11.1 Å². The van der Waals surface area contributed by atoms with E-state index in [-0.39, 0.29) is 10.9 Å². The molecule has 0 aromatic heterocycles. The van der Waals surface area contributed by atoms with Gasteiger partial charge < -0.3 is 5.32 Å². The number of benzene rings is 2. The van der Waals surface area contributed by atoms with Gasteiger partial charge in [-0.1, -0.05) is 29.8 Å². The Morgan fingerprint density at radius 2 is 1.52 bits per heavy atom. The normalized spacial score (nSPS) is 12.9. The second-order valence-corrected chi connectivity index (χ2v) is 6.73. The molecule has 0 aliphatic carbocycles. The number of nitrogens with one attached hydrogen (secondary N) is 2. The summed E-state index contributed by atoms with van der Waals surface area (Å²) in [5.74, 6) is 0. The number of anilines is 1. The summed E-state index contributed by atoms with van der Waals surface area (Å²) in [6, 6.07) is 14.3. The number of sulfonamides is 1. The molecule has 112 valence electrons. The first-order chi connectivity index (χ1) is 9.92. The van der Waals surface area contributed by atoms with E-state index in [1.807, 2.05) is 45.2 Å². The summed E-state index contributed by atoms with van der Waals surface area (Å²) in [4.78, 5) is 0.259. The third kappa shape index (κ3) is 3.83. The van der Waals surface area contributed by atoms with Gasteiger partial charge in [-0.3, -0.25) is 4.72 Å². The SMILES string of the molecule is CNC(C)c1ccc(S(=O)(=O)Nc2ccc(C)cc2)cc1. The van der Waals surface area contributed by atoms with Crippen molar-refractivity contribution < 1.29 is 8.42 Å². The third-order valence-corrected chi connectivity index (χ3v) is 4.82. The van der Waals surface area contributed by atoms with Gasteiger partial charge >= 0.3 is 0 Å². The van der Waals surface area contributed by atoms with Crippen LogP contribution in [0.2, 0.25) is 0 Å². The van der Waals surface area contributed by atoms with Gasteiger partial charge in [0.05, 0.1) is 4.90 Å². The Morgan fingerprint density at radius 1 is 0.952 bits per heavy atom. The number of rotatable bonds is 5. The number of hydrogen-bond acceptors (Lipinski definition) is 3.